The highest BCUT2D eigenvalue weighted by molar-refractivity contribution is 8.00. The maximum absolute atomic E-state index is 5.33. The van der Waals surface area contributed by atoms with E-state index >= 15 is 0 Å². The van der Waals surface area contributed by atoms with E-state index in [9.17, 15) is 0 Å². The molecule has 0 radical (unpaired) electrons. The van der Waals surface area contributed by atoms with Gasteiger partial charge < -0.3 is 0 Å². The number of hydrogen-bond acceptors (Lipinski definition) is 4. The van der Waals surface area contributed by atoms with Crippen LogP contribution in [0.25, 0.3) is 0 Å². The first kappa shape index (κ1) is 16.4. The van der Waals surface area contributed by atoms with E-state index in [0.717, 1.165) is 19.4 Å². The van der Waals surface area contributed by atoms with Crippen LogP contribution in [0.15, 0.2) is 0 Å². The summed E-state index contributed by atoms with van der Waals surface area (Å²) in [7, 11) is 0.530. The van der Waals surface area contributed by atoms with E-state index < -0.39 is 7.15 Å². The summed E-state index contributed by atoms with van der Waals surface area (Å²) >= 11 is 4.93. The van der Waals surface area contributed by atoms with Gasteiger partial charge in [-0.3, -0.25) is 4.90 Å². The van der Waals surface area contributed by atoms with Crippen molar-refractivity contribution in [1.29, 1.82) is 0 Å². The van der Waals surface area contributed by atoms with E-state index in [1.165, 1.54) is 0 Å². The molecule has 0 aliphatic heterocycles. The normalized spacial score (nSPS) is 12.9. The zero-order chi connectivity index (χ0) is 12.6. The van der Waals surface area contributed by atoms with Gasteiger partial charge in [-0.1, -0.05) is 0 Å². The van der Waals surface area contributed by atoms with Gasteiger partial charge in [-0.25, -0.2) is 0 Å². The summed E-state index contributed by atoms with van der Waals surface area (Å²) in [4.78, 5) is 2.49. The molecule has 96 valence electrons. The van der Waals surface area contributed by atoms with E-state index in [4.69, 9.17) is 20.9 Å². The zero-order valence-electron chi connectivity index (χ0n) is 11.1. The molecule has 1 unspecified atom stereocenters. The van der Waals surface area contributed by atoms with Crippen LogP contribution in [0.4, 0.5) is 0 Å². The third kappa shape index (κ3) is 7.64. The quantitative estimate of drug-likeness (QED) is 0.471. The second-order valence-electron chi connectivity index (χ2n) is 4.37. The zero-order valence-corrected chi connectivity index (χ0v) is 12.8. The number of unbranched alkanes of at least 4 members (excludes halogenated alkanes) is 1. The van der Waals surface area contributed by atoms with E-state index in [1.54, 1.807) is 7.11 Å². The molecule has 0 bridgehead atoms. The smallest absolute Gasteiger partial charge is 0.299 e. The minimum Gasteiger partial charge on any atom is -0.299 e. The highest BCUT2D eigenvalue weighted by Gasteiger charge is 2.13. The molecule has 0 spiro atoms. The lowest BCUT2D eigenvalue weighted by Crippen LogP contribution is -2.37. The molecule has 5 heteroatoms. The summed E-state index contributed by atoms with van der Waals surface area (Å²) < 4.78 is 10.2. The molecule has 0 rings (SSSR count). The predicted molar refractivity (Wildman–Crippen MR) is 73.5 cm³/mol. The van der Waals surface area contributed by atoms with E-state index in [0.29, 0.717) is 18.7 Å². The summed E-state index contributed by atoms with van der Waals surface area (Å²) in [6.07, 6.45) is 2.20. The predicted octanol–water partition coefficient (Wildman–Crippen LogP) is 3.32. The third-order valence-electron chi connectivity index (χ3n) is 2.48. The Morgan fingerprint density at radius 1 is 1.12 bits per heavy atom. The van der Waals surface area contributed by atoms with Gasteiger partial charge >= 0.3 is 7.15 Å². The SMILES string of the molecule is CO[P+](=S)OCCCCN(C(C)C)C(C)C. The van der Waals surface area contributed by atoms with Crippen molar-refractivity contribution in [2.75, 3.05) is 20.3 Å². The van der Waals surface area contributed by atoms with Crippen molar-refractivity contribution >= 4 is 19.0 Å². The van der Waals surface area contributed by atoms with Crippen LogP contribution in [0.1, 0.15) is 40.5 Å². The summed E-state index contributed by atoms with van der Waals surface area (Å²) in [5.74, 6) is 0. The molecular formula is C11H25NO2PS+. The monoisotopic (exact) mass is 266 g/mol. The first-order chi connectivity index (χ1) is 7.49. The van der Waals surface area contributed by atoms with E-state index in [2.05, 4.69) is 32.6 Å². The van der Waals surface area contributed by atoms with Crippen LogP contribution in [0.3, 0.4) is 0 Å². The number of hydrogen-bond donors (Lipinski definition) is 0. The van der Waals surface area contributed by atoms with Crippen LogP contribution in [-0.2, 0) is 20.9 Å². The molecule has 0 N–H and O–H groups in total. The molecule has 0 aromatic heterocycles. The van der Waals surface area contributed by atoms with Crippen molar-refractivity contribution in [2.45, 2.75) is 52.6 Å². The molecule has 3 nitrogen and oxygen atoms in total. The van der Waals surface area contributed by atoms with Crippen LogP contribution in [0, 0.1) is 0 Å². The van der Waals surface area contributed by atoms with Gasteiger partial charge in [0, 0.05) is 12.1 Å². The molecule has 0 aliphatic rings. The molecule has 0 heterocycles. The van der Waals surface area contributed by atoms with Crippen LogP contribution in [0.2, 0.25) is 0 Å². The van der Waals surface area contributed by atoms with Gasteiger partial charge in [-0.15, -0.1) is 9.05 Å². The lowest BCUT2D eigenvalue weighted by atomic mass is 10.2. The van der Waals surface area contributed by atoms with E-state index in [-0.39, 0.29) is 0 Å². The van der Waals surface area contributed by atoms with Gasteiger partial charge in [0.1, 0.15) is 6.61 Å². The summed E-state index contributed by atoms with van der Waals surface area (Å²) in [6.45, 7) is 10.8. The maximum atomic E-state index is 5.33. The highest BCUT2D eigenvalue weighted by Crippen LogP contribution is 2.22. The minimum absolute atomic E-state index is 0.607. The molecule has 1 atom stereocenters. The molecule has 0 saturated carbocycles. The van der Waals surface area contributed by atoms with Crippen LogP contribution in [-0.4, -0.2) is 37.2 Å². The van der Waals surface area contributed by atoms with Gasteiger partial charge in [-0.2, -0.15) is 0 Å². The van der Waals surface area contributed by atoms with Gasteiger partial charge in [0.2, 0.25) is 11.8 Å². The molecule has 0 saturated heterocycles. The third-order valence-corrected chi connectivity index (χ3v) is 3.94. The first-order valence-electron chi connectivity index (χ1n) is 5.89. The summed E-state index contributed by atoms with van der Waals surface area (Å²) in [6, 6.07) is 1.21. The molecule has 16 heavy (non-hydrogen) atoms. The van der Waals surface area contributed by atoms with Crippen LogP contribution < -0.4 is 0 Å². The summed E-state index contributed by atoms with van der Waals surface area (Å²) in [5.41, 5.74) is 0. The molecule has 0 aromatic rings. The lowest BCUT2D eigenvalue weighted by molar-refractivity contribution is 0.167. The molecular weight excluding hydrogens is 241 g/mol. The van der Waals surface area contributed by atoms with Crippen molar-refractivity contribution in [3.05, 3.63) is 0 Å². The Balaban J connectivity index is 3.59. The van der Waals surface area contributed by atoms with Crippen molar-refractivity contribution in [1.82, 2.24) is 4.90 Å². The Kier molecular flexibility index (Phi) is 9.67. The largest absolute Gasteiger partial charge is 0.521 e. The fourth-order valence-electron chi connectivity index (χ4n) is 1.70. The average Bonchev–Trinajstić information content (AvgIpc) is 2.21. The Morgan fingerprint density at radius 3 is 2.12 bits per heavy atom. The fourth-order valence-corrected chi connectivity index (χ4v) is 2.31. The molecule has 0 aliphatic carbocycles. The molecule has 0 aromatic carbocycles. The molecule has 0 fully saturated rings. The van der Waals surface area contributed by atoms with Gasteiger partial charge in [0.25, 0.3) is 0 Å². The summed E-state index contributed by atoms with van der Waals surface area (Å²) in [5, 5.41) is 0. The Labute approximate surface area is 106 Å². The van der Waals surface area contributed by atoms with Crippen molar-refractivity contribution in [3.8, 4) is 0 Å². The Morgan fingerprint density at radius 2 is 1.69 bits per heavy atom. The standard InChI is InChI=1S/C11H25NO2PS/c1-10(2)12(11(3)4)8-6-7-9-14-15(16)13-5/h10-11H,6-9H2,1-5H3/q+1. The number of nitrogens with zero attached hydrogens (tertiary/aromatic N) is 1. The number of rotatable bonds is 9. The topological polar surface area (TPSA) is 21.7 Å². The molecule has 0 amide bonds. The van der Waals surface area contributed by atoms with Crippen molar-refractivity contribution in [3.63, 3.8) is 0 Å². The fraction of sp³-hybridized carbons (Fsp3) is 1.00. The Bertz CT molecular complexity index is 192. The lowest BCUT2D eigenvalue weighted by Gasteiger charge is -2.30. The van der Waals surface area contributed by atoms with E-state index in [1.807, 2.05) is 0 Å². The van der Waals surface area contributed by atoms with Crippen molar-refractivity contribution in [2.24, 2.45) is 0 Å². The van der Waals surface area contributed by atoms with Gasteiger partial charge in [-0.05, 0) is 47.1 Å². The first-order valence-corrected chi connectivity index (χ1v) is 8.08. The van der Waals surface area contributed by atoms with Crippen LogP contribution in [0.5, 0.6) is 0 Å². The Hall–Kier alpha value is 0.400. The highest BCUT2D eigenvalue weighted by atomic mass is 32.4. The second kappa shape index (κ2) is 9.43. The maximum Gasteiger partial charge on any atom is 0.521 e. The van der Waals surface area contributed by atoms with Gasteiger partial charge in [0.05, 0.1) is 7.11 Å². The second-order valence-corrected chi connectivity index (χ2v) is 6.34. The van der Waals surface area contributed by atoms with Crippen molar-refractivity contribution < 1.29 is 9.05 Å². The minimum atomic E-state index is -1.07. The van der Waals surface area contributed by atoms with Gasteiger partial charge in [0.15, 0.2) is 0 Å². The average molecular weight is 266 g/mol. The van der Waals surface area contributed by atoms with Crippen LogP contribution >= 0.6 is 7.15 Å².